The Morgan fingerprint density at radius 3 is 2.67 bits per heavy atom. The highest BCUT2D eigenvalue weighted by Gasteiger charge is 2.22. The summed E-state index contributed by atoms with van der Waals surface area (Å²) in [6.45, 7) is 3.43. The summed E-state index contributed by atoms with van der Waals surface area (Å²) in [5.41, 5.74) is 0.605. The van der Waals surface area contributed by atoms with Crippen molar-refractivity contribution >= 4 is 23.5 Å². The van der Waals surface area contributed by atoms with Crippen LogP contribution in [0.1, 0.15) is 24.8 Å². The monoisotopic (exact) mass is 293 g/mol. The van der Waals surface area contributed by atoms with Gasteiger partial charge in [-0.25, -0.2) is 9.59 Å². The number of amides is 1. The van der Waals surface area contributed by atoms with E-state index in [1.54, 1.807) is 6.92 Å². The predicted octanol–water partition coefficient (Wildman–Crippen LogP) is 1.07. The molecule has 0 aromatic carbocycles. The maximum absolute atomic E-state index is 11.3. The number of hydrogen-bond acceptors (Lipinski definition) is 6. The Kier molecular flexibility index (Phi) is 3.24. The predicted molar refractivity (Wildman–Crippen MR) is 74.0 cm³/mol. The second-order valence-electron chi connectivity index (χ2n) is 4.95. The van der Waals surface area contributed by atoms with Gasteiger partial charge >= 0.3 is 11.8 Å². The number of nitrogens with one attached hydrogen (secondary N) is 1. The Morgan fingerprint density at radius 2 is 2.00 bits per heavy atom. The third-order valence-electron chi connectivity index (χ3n) is 3.52. The van der Waals surface area contributed by atoms with E-state index in [9.17, 15) is 9.59 Å². The number of carboxylic acid groups (broad SMARTS) is 1. The molecule has 2 aromatic rings. The van der Waals surface area contributed by atoms with Crippen molar-refractivity contribution in [1.29, 1.82) is 0 Å². The van der Waals surface area contributed by atoms with E-state index < -0.39 is 11.8 Å². The van der Waals surface area contributed by atoms with E-state index in [4.69, 9.17) is 9.63 Å². The maximum Gasteiger partial charge on any atom is 0.461 e. The molecule has 9 nitrogen and oxygen atoms in total. The second kappa shape index (κ2) is 5.08. The smallest absolute Gasteiger partial charge is 0.461 e. The van der Waals surface area contributed by atoms with Gasteiger partial charge in [0.2, 0.25) is 0 Å². The molecule has 21 heavy (non-hydrogen) atoms. The molecule has 3 heterocycles. The first-order valence-corrected chi connectivity index (χ1v) is 6.72. The summed E-state index contributed by atoms with van der Waals surface area (Å²) >= 11 is 0. The first kappa shape index (κ1) is 13.4. The summed E-state index contributed by atoms with van der Waals surface area (Å²) in [6, 6.07) is 0. The number of anilines is 2. The van der Waals surface area contributed by atoms with Crippen molar-refractivity contribution in [2.45, 2.75) is 26.2 Å². The van der Waals surface area contributed by atoms with Crippen LogP contribution >= 0.6 is 0 Å². The van der Waals surface area contributed by atoms with E-state index in [1.165, 1.54) is 6.42 Å². The Morgan fingerprint density at radius 1 is 1.29 bits per heavy atom. The van der Waals surface area contributed by atoms with Crippen LogP contribution in [0.3, 0.4) is 0 Å². The molecular weight excluding hydrogens is 278 g/mol. The van der Waals surface area contributed by atoms with Gasteiger partial charge in [0, 0.05) is 18.7 Å². The quantitative estimate of drug-likeness (QED) is 0.851. The standard InChI is InChI=1S/C12H15N5O4/c1-7-8(16-5-3-2-4-6-16)13-10-15-12(20)21-17(10)9(7)14-11(18)19/h14H,2-6H2,1H3,(H,18,19). The molecule has 0 atom stereocenters. The summed E-state index contributed by atoms with van der Waals surface area (Å²) in [7, 11) is 0. The van der Waals surface area contributed by atoms with Gasteiger partial charge in [-0.3, -0.25) is 5.32 Å². The summed E-state index contributed by atoms with van der Waals surface area (Å²) in [4.78, 5) is 32.3. The Bertz CT molecular complexity index is 744. The number of piperidine rings is 1. The molecule has 2 aromatic heterocycles. The van der Waals surface area contributed by atoms with E-state index >= 15 is 0 Å². The lowest BCUT2D eigenvalue weighted by Crippen LogP contribution is -2.31. The van der Waals surface area contributed by atoms with Gasteiger partial charge in [0.05, 0.1) is 0 Å². The molecule has 3 rings (SSSR count). The van der Waals surface area contributed by atoms with Gasteiger partial charge in [-0.05, 0) is 26.2 Å². The van der Waals surface area contributed by atoms with Crippen LogP contribution in [0.15, 0.2) is 9.32 Å². The SMILES string of the molecule is Cc1c(N2CCCCC2)nc2nc(=O)on2c1NC(=O)O. The minimum absolute atomic E-state index is 0.0509. The van der Waals surface area contributed by atoms with Crippen molar-refractivity contribution in [2.75, 3.05) is 23.3 Å². The van der Waals surface area contributed by atoms with Crippen LogP contribution in [0.4, 0.5) is 16.4 Å². The average Bonchev–Trinajstić information content (AvgIpc) is 2.83. The molecule has 0 radical (unpaired) electrons. The minimum atomic E-state index is -1.24. The van der Waals surface area contributed by atoms with Crippen molar-refractivity contribution in [3.05, 3.63) is 16.1 Å². The molecule has 0 unspecified atom stereocenters. The fourth-order valence-electron chi connectivity index (χ4n) is 2.58. The van der Waals surface area contributed by atoms with Gasteiger partial charge in [0.15, 0.2) is 5.82 Å². The summed E-state index contributed by atoms with van der Waals surface area (Å²) in [5.74, 6) is 0.0236. The second-order valence-corrected chi connectivity index (χ2v) is 4.95. The number of fused-ring (bicyclic) bond motifs is 1. The first-order chi connectivity index (χ1) is 10.1. The van der Waals surface area contributed by atoms with E-state index in [2.05, 4.69) is 20.2 Å². The lowest BCUT2D eigenvalue weighted by molar-refractivity contribution is 0.209. The van der Waals surface area contributed by atoms with E-state index in [1.807, 2.05) is 0 Å². The van der Waals surface area contributed by atoms with Crippen LogP contribution in [0, 0.1) is 6.92 Å². The van der Waals surface area contributed by atoms with Gasteiger partial charge in [0.1, 0.15) is 5.82 Å². The third-order valence-corrected chi connectivity index (χ3v) is 3.52. The zero-order valence-corrected chi connectivity index (χ0v) is 11.5. The van der Waals surface area contributed by atoms with Gasteiger partial charge in [-0.2, -0.15) is 4.98 Å². The molecule has 0 spiro atoms. The highest BCUT2D eigenvalue weighted by atomic mass is 16.5. The molecule has 1 aliphatic rings. The molecule has 1 saturated heterocycles. The molecule has 1 amide bonds. The zero-order valence-electron chi connectivity index (χ0n) is 11.5. The molecule has 9 heteroatoms. The number of rotatable bonds is 2. The highest BCUT2D eigenvalue weighted by molar-refractivity contribution is 5.84. The van der Waals surface area contributed by atoms with E-state index in [-0.39, 0.29) is 11.6 Å². The minimum Gasteiger partial charge on any atom is -0.465 e. The van der Waals surface area contributed by atoms with Crippen LogP contribution in [0.2, 0.25) is 0 Å². The zero-order chi connectivity index (χ0) is 15.0. The van der Waals surface area contributed by atoms with Gasteiger partial charge < -0.3 is 14.5 Å². The topological polar surface area (TPSA) is 113 Å². The third kappa shape index (κ3) is 2.41. The van der Waals surface area contributed by atoms with Crippen molar-refractivity contribution in [1.82, 2.24) is 14.5 Å². The molecule has 0 saturated carbocycles. The molecule has 2 N–H and O–H groups in total. The molecule has 112 valence electrons. The Balaban J connectivity index is 2.17. The van der Waals surface area contributed by atoms with Gasteiger partial charge in [-0.1, -0.05) is 0 Å². The van der Waals surface area contributed by atoms with Gasteiger partial charge in [0.25, 0.3) is 5.78 Å². The van der Waals surface area contributed by atoms with Crippen LogP contribution in [-0.4, -0.2) is 38.8 Å². The van der Waals surface area contributed by atoms with E-state index in [0.29, 0.717) is 11.4 Å². The number of aromatic nitrogens is 3. The van der Waals surface area contributed by atoms with Crippen molar-refractivity contribution in [3.63, 3.8) is 0 Å². The van der Waals surface area contributed by atoms with Crippen molar-refractivity contribution in [2.24, 2.45) is 0 Å². The van der Waals surface area contributed by atoms with Gasteiger partial charge in [-0.15, -0.1) is 9.56 Å². The average molecular weight is 293 g/mol. The summed E-state index contributed by atoms with van der Waals surface area (Å²) in [6.07, 6.45) is 2.03. The summed E-state index contributed by atoms with van der Waals surface area (Å²) in [5, 5.41) is 11.2. The Labute approximate surface area is 119 Å². The molecule has 1 aliphatic heterocycles. The van der Waals surface area contributed by atoms with E-state index in [0.717, 1.165) is 30.5 Å². The lowest BCUT2D eigenvalue weighted by atomic mass is 10.1. The highest BCUT2D eigenvalue weighted by Crippen LogP contribution is 2.27. The van der Waals surface area contributed by atoms with Crippen molar-refractivity contribution < 1.29 is 14.4 Å². The maximum atomic E-state index is 11.3. The molecular formula is C12H15N5O4. The number of hydrogen-bond donors (Lipinski definition) is 2. The largest absolute Gasteiger partial charge is 0.465 e. The molecule has 1 fully saturated rings. The number of nitrogens with zero attached hydrogens (tertiary/aromatic N) is 4. The van der Waals surface area contributed by atoms with Crippen LogP contribution in [0.5, 0.6) is 0 Å². The Hall–Kier alpha value is -2.58. The molecule has 0 aliphatic carbocycles. The van der Waals surface area contributed by atoms with Crippen LogP contribution in [0.25, 0.3) is 5.78 Å². The van der Waals surface area contributed by atoms with Crippen molar-refractivity contribution in [3.8, 4) is 0 Å². The van der Waals surface area contributed by atoms with Crippen LogP contribution in [-0.2, 0) is 0 Å². The summed E-state index contributed by atoms with van der Waals surface area (Å²) < 4.78 is 5.88. The fraction of sp³-hybridized carbons (Fsp3) is 0.500. The first-order valence-electron chi connectivity index (χ1n) is 6.72. The lowest BCUT2D eigenvalue weighted by Gasteiger charge is -2.29. The molecule has 0 bridgehead atoms. The van der Waals surface area contributed by atoms with Crippen LogP contribution < -0.4 is 16.0 Å². The number of carbonyl (C=O) groups is 1. The fourth-order valence-corrected chi connectivity index (χ4v) is 2.58. The normalized spacial score (nSPS) is 15.4.